The molecule has 92 valence electrons. The maximum absolute atomic E-state index is 12.2. The Bertz CT molecular complexity index is 561. The summed E-state index contributed by atoms with van der Waals surface area (Å²) in [5.41, 5.74) is 9.93. The number of carbonyl (C=O) groups excluding carboxylic acids is 2. The molecular formula is C12H12N4O2. The van der Waals surface area contributed by atoms with E-state index in [9.17, 15) is 9.59 Å². The maximum atomic E-state index is 12.2. The lowest BCUT2D eigenvalue weighted by atomic mass is 10.1. The highest BCUT2D eigenvalue weighted by molar-refractivity contribution is 6.08. The van der Waals surface area contributed by atoms with Gasteiger partial charge < -0.3 is 0 Å². The second-order valence-corrected chi connectivity index (χ2v) is 4.16. The summed E-state index contributed by atoms with van der Waals surface area (Å²) in [6.07, 6.45) is 1.09. The summed E-state index contributed by atoms with van der Waals surface area (Å²) in [5.74, 6) is -0.563. The van der Waals surface area contributed by atoms with Gasteiger partial charge in [-0.3, -0.25) is 14.5 Å². The number of benzene rings is 1. The first-order chi connectivity index (χ1) is 8.63. The monoisotopic (exact) mass is 244 g/mol. The van der Waals surface area contributed by atoms with Crippen LogP contribution in [0, 0.1) is 6.92 Å². The minimum Gasteiger partial charge on any atom is -0.278 e. The molecule has 1 aromatic rings. The van der Waals surface area contributed by atoms with Crippen LogP contribution >= 0.6 is 0 Å². The van der Waals surface area contributed by atoms with E-state index in [1.165, 1.54) is 4.90 Å². The van der Waals surface area contributed by atoms with E-state index in [1.807, 2.05) is 6.92 Å². The zero-order valence-corrected chi connectivity index (χ0v) is 9.96. The summed E-state index contributed by atoms with van der Waals surface area (Å²) in [4.78, 5) is 27.6. The molecule has 6 heteroatoms. The number of azide groups is 1. The molecule has 1 aliphatic heterocycles. The summed E-state index contributed by atoms with van der Waals surface area (Å²) < 4.78 is 0. The highest BCUT2D eigenvalue weighted by atomic mass is 16.2. The lowest BCUT2D eigenvalue weighted by Crippen LogP contribution is -2.31. The lowest BCUT2D eigenvalue weighted by Gasteiger charge is -2.15. The number of rotatable bonds is 2. The quantitative estimate of drug-likeness (QED) is 0.346. The minimum absolute atomic E-state index is 0.174. The van der Waals surface area contributed by atoms with Crippen LogP contribution in [0.15, 0.2) is 23.3 Å². The van der Waals surface area contributed by atoms with Crippen LogP contribution in [0.25, 0.3) is 10.4 Å². The molecule has 1 aliphatic rings. The van der Waals surface area contributed by atoms with Crippen molar-refractivity contribution in [2.24, 2.45) is 5.11 Å². The zero-order valence-electron chi connectivity index (χ0n) is 9.96. The average molecular weight is 244 g/mol. The third kappa shape index (κ3) is 2.19. The van der Waals surface area contributed by atoms with E-state index in [2.05, 4.69) is 10.0 Å². The maximum Gasteiger partial charge on any atom is 0.260 e. The van der Waals surface area contributed by atoms with Crippen molar-refractivity contribution in [1.29, 1.82) is 0 Å². The van der Waals surface area contributed by atoms with Crippen LogP contribution < -0.4 is 0 Å². The molecule has 0 saturated carbocycles. The predicted octanol–water partition coefficient (Wildman–Crippen LogP) is 2.70. The summed E-state index contributed by atoms with van der Waals surface area (Å²) in [6.45, 7) is 2.27. The Morgan fingerprint density at radius 3 is 2.89 bits per heavy atom. The third-order valence-corrected chi connectivity index (χ3v) is 2.85. The van der Waals surface area contributed by atoms with Crippen LogP contribution in [0.4, 0.5) is 5.69 Å². The van der Waals surface area contributed by atoms with Gasteiger partial charge in [-0.15, -0.1) is 0 Å². The van der Waals surface area contributed by atoms with Crippen molar-refractivity contribution >= 4 is 17.5 Å². The van der Waals surface area contributed by atoms with Gasteiger partial charge in [0, 0.05) is 23.4 Å². The van der Waals surface area contributed by atoms with Crippen molar-refractivity contribution in [3.63, 3.8) is 0 Å². The molecule has 6 nitrogen and oxygen atoms in total. The van der Waals surface area contributed by atoms with E-state index in [0.717, 1.165) is 5.56 Å². The first-order valence-corrected chi connectivity index (χ1v) is 5.64. The van der Waals surface area contributed by atoms with E-state index in [4.69, 9.17) is 5.53 Å². The van der Waals surface area contributed by atoms with Crippen LogP contribution in [0.2, 0.25) is 0 Å². The highest BCUT2D eigenvalue weighted by Crippen LogP contribution is 2.24. The fourth-order valence-electron chi connectivity index (χ4n) is 1.96. The van der Waals surface area contributed by atoms with Crippen molar-refractivity contribution in [2.45, 2.75) is 19.8 Å². The van der Waals surface area contributed by atoms with Crippen molar-refractivity contribution in [3.8, 4) is 0 Å². The molecule has 0 aromatic heterocycles. The number of carbonyl (C=O) groups is 2. The first kappa shape index (κ1) is 12.1. The van der Waals surface area contributed by atoms with Crippen LogP contribution in [0.1, 0.15) is 28.8 Å². The van der Waals surface area contributed by atoms with Gasteiger partial charge in [0.15, 0.2) is 0 Å². The molecule has 1 fully saturated rings. The molecular weight excluding hydrogens is 232 g/mol. The molecule has 0 unspecified atom stereocenters. The largest absolute Gasteiger partial charge is 0.278 e. The van der Waals surface area contributed by atoms with E-state index in [-0.39, 0.29) is 23.1 Å². The topological polar surface area (TPSA) is 86.1 Å². The number of likely N-dealkylation sites (tertiary alicyclic amines) is 1. The van der Waals surface area contributed by atoms with Crippen molar-refractivity contribution < 1.29 is 9.59 Å². The normalized spacial score (nSPS) is 14.5. The molecule has 1 heterocycles. The fraction of sp³-hybridized carbons (Fsp3) is 0.333. The molecule has 18 heavy (non-hydrogen) atoms. The molecule has 0 N–H and O–H groups in total. The van der Waals surface area contributed by atoms with Gasteiger partial charge in [-0.1, -0.05) is 16.7 Å². The second-order valence-electron chi connectivity index (χ2n) is 4.16. The zero-order chi connectivity index (χ0) is 13.1. The number of hydrogen-bond donors (Lipinski definition) is 0. The predicted molar refractivity (Wildman–Crippen MR) is 65.3 cm³/mol. The fourth-order valence-corrected chi connectivity index (χ4v) is 1.96. The highest BCUT2D eigenvalue weighted by Gasteiger charge is 2.28. The Morgan fingerprint density at radius 2 is 2.28 bits per heavy atom. The van der Waals surface area contributed by atoms with Gasteiger partial charge in [0.25, 0.3) is 5.91 Å². The smallest absolute Gasteiger partial charge is 0.260 e. The Labute approximate surface area is 104 Å². The summed E-state index contributed by atoms with van der Waals surface area (Å²) in [6, 6.07) is 4.98. The Balaban J connectivity index is 2.41. The van der Waals surface area contributed by atoms with Crippen LogP contribution in [0.5, 0.6) is 0 Å². The molecule has 1 saturated heterocycles. The van der Waals surface area contributed by atoms with Crippen LogP contribution in [-0.2, 0) is 4.79 Å². The molecule has 2 rings (SSSR count). The van der Waals surface area contributed by atoms with Gasteiger partial charge in [0.05, 0.1) is 5.69 Å². The standard InChI is InChI=1S/C12H12N4O2/c1-8-4-5-9(10(7-8)14-15-13)12(18)16-6-2-3-11(16)17/h4-5,7H,2-3,6H2,1H3. The van der Waals surface area contributed by atoms with E-state index < -0.39 is 0 Å². The Hall–Kier alpha value is -2.33. The van der Waals surface area contributed by atoms with Gasteiger partial charge in [0.1, 0.15) is 0 Å². The second kappa shape index (κ2) is 4.89. The number of imide groups is 1. The van der Waals surface area contributed by atoms with Gasteiger partial charge >= 0.3 is 0 Å². The van der Waals surface area contributed by atoms with Crippen molar-refractivity contribution in [3.05, 3.63) is 39.8 Å². The number of amides is 2. The van der Waals surface area contributed by atoms with Crippen LogP contribution in [-0.4, -0.2) is 23.3 Å². The first-order valence-electron chi connectivity index (χ1n) is 5.64. The Kier molecular flexibility index (Phi) is 3.30. The average Bonchev–Trinajstić information content (AvgIpc) is 2.75. The minimum atomic E-state index is -0.389. The summed E-state index contributed by atoms with van der Waals surface area (Å²) in [7, 11) is 0. The van der Waals surface area contributed by atoms with E-state index >= 15 is 0 Å². The number of hydrogen-bond acceptors (Lipinski definition) is 3. The van der Waals surface area contributed by atoms with E-state index in [0.29, 0.717) is 19.4 Å². The third-order valence-electron chi connectivity index (χ3n) is 2.85. The summed E-state index contributed by atoms with van der Waals surface area (Å²) in [5, 5.41) is 3.51. The van der Waals surface area contributed by atoms with Gasteiger partial charge in [-0.2, -0.15) is 0 Å². The lowest BCUT2D eigenvalue weighted by molar-refractivity contribution is -0.125. The van der Waals surface area contributed by atoms with Gasteiger partial charge in [-0.05, 0) is 31.0 Å². The van der Waals surface area contributed by atoms with Crippen molar-refractivity contribution in [1.82, 2.24) is 4.90 Å². The molecule has 0 bridgehead atoms. The van der Waals surface area contributed by atoms with Gasteiger partial charge in [-0.25, -0.2) is 0 Å². The van der Waals surface area contributed by atoms with E-state index in [1.54, 1.807) is 18.2 Å². The Morgan fingerprint density at radius 1 is 1.50 bits per heavy atom. The molecule has 0 radical (unpaired) electrons. The number of nitrogens with zero attached hydrogens (tertiary/aromatic N) is 4. The molecule has 1 aromatic carbocycles. The number of aryl methyl sites for hydroxylation is 1. The molecule has 0 aliphatic carbocycles. The molecule has 0 atom stereocenters. The van der Waals surface area contributed by atoms with Crippen LogP contribution in [0.3, 0.4) is 0 Å². The summed E-state index contributed by atoms with van der Waals surface area (Å²) >= 11 is 0. The van der Waals surface area contributed by atoms with Gasteiger partial charge in [0.2, 0.25) is 5.91 Å². The molecule has 2 amide bonds. The SMILES string of the molecule is Cc1ccc(C(=O)N2CCCC2=O)c(N=[N+]=[N-])c1. The molecule has 0 spiro atoms. The van der Waals surface area contributed by atoms with Crippen molar-refractivity contribution in [2.75, 3.05) is 6.54 Å².